The van der Waals surface area contributed by atoms with Crippen molar-refractivity contribution in [3.8, 4) is 0 Å². The van der Waals surface area contributed by atoms with E-state index in [4.69, 9.17) is 0 Å². The molecule has 2 nitrogen and oxygen atoms in total. The third kappa shape index (κ3) is 3.15. The van der Waals surface area contributed by atoms with E-state index in [-0.39, 0.29) is 0 Å². The van der Waals surface area contributed by atoms with Crippen molar-refractivity contribution in [3.63, 3.8) is 0 Å². The third-order valence-electron chi connectivity index (χ3n) is 2.97. The second-order valence-corrected chi connectivity index (χ2v) is 5.49. The summed E-state index contributed by atoms with van der Waals surface area (Å²) < 4.78 is 0. The molecular weight excluding hydrogens is 180 g/mol. The van der Waals surface area contributed by atoms with Crippen LogP contribution in [0.25, 0.3) is 0 Å². The van der Waals surface area contributed by atoms with Gasteiger partial charge in [0.15, 0.2) is 0 Å². The van der Waals surface area contributed by atoms with Gasteiger partial charge < -0.3 is 10.6 Å². The van der Waals surface area contributed by atoms with Crippen LogP contribution in [0.1, 0.15) is 25.7 Å². The van der Waals surface area contributed by atoms with Crippen molar-refractivity contribution in [2.45, 2.75) is 37.0 Å². The van der Waals surface area contributed by atoms with Gasteiger partial charge >= 0.3 is 0 Å². The highest BCUT2D eigenvalue weighted by atomic mass is 32.2. The lowest BCUT2D eigenvalue weighted by molar-refractivity contribution is 0.521. The van der Waals surface area contributed by atoms with E-state index in [1.165, 1.54) is 51.1 Å². The standard InChI is InChI=1S/C10H20N2S/c1-2-6-13-10(3-1)8-12-9-4-5-11-7-9/h9-12H,1-8H2. The Labute approximate surface area is 85.2 Å². The van der Waals surface area contributed by atoms with Crippen LogP contribution in [0.2, 0.25) is 0 Å². The molecule has 0 aromatic rings. The molecule has 76 valence electrons. The molecule has 2 N–H and O–H groups in total. The van der Waals surface area contributed by atoms with Crippen molar-refractivity contribution >= 4 is 11.8 Å². The largest absolute Gasteiger partial charge is 0.315 e. The summed E-state index contributed by atoms with van der Waals surface area (Å²) in [6.45, 7) is 3.61. The first-order chi connectivity index (χ1) is 6.45. The van der Waals surface area contributed by atoms with Crippen molar-refractivity contribution in [2.24, 2.45) is 0 Å². The predicted molar refractivity (Wildman–Crippen MR) is 59.4 cm³/mol. The maximum Gasteiger partial charge on any atom is 0.0205 e. The van der Waals surface area contributed by atoms with Crippen molar-refractivity contribution in [1.82, 2.24) is 10.6 Å². The fourth-order valence-electron chi connectivity index (χ4n) is 2.10. The molecule has 13 heavy (non-hydrogen) atoms. The van der Waals surface area contributed by atoms with E-state index < -0.39 is 0 Å². The summed E-state index contributed by atoms with van der Waals surface area (Å²) in [4.78, 5) is 0. The van der Waals surface area contributed by atoms with Crippen LogP contribution in [0, 0.1) is 0 Å². The van der Waals surface area contributed by atoms with Gasteiger partial charge in [0.05, 0.1) is 0 Å². The number of hydrogen-bond acceptors (Lipinski definition) is 3. The van der Waals surface area contributed by atoms with E-state index in [2.05, 4.69) is 22.4 Å². The highest BCUT2D eigenvalue weighted by molar-refractivity contribution is 7.99. The van der Waals surface area contributed by atoms with Gasteiger partial charge in [-0.1, -0.05) is 6.42 Å². The van der Waals surface area contributed by atoms with Gasteiger partial charge in [0.2, 0.25) is 0 Å². The normalized spacial score (nSPS) is 35.1. The molecule has 0 amide bonds. The molecule has 2 heterocycles. The minimum atomic E-state index is 0.752. The van der Waals surface area contributed by atoms with Gasteiger partial charge in [0, 0.05) is 24.4 Å². The zero-order chi connectivity index (χ0) is 8.93. The first-order valence-electron chi connectivity index (χ1n) is 5.51. The number of nitrogens with one attached hydrogen (secondary N) is 2. The van der Waals surface area contributed by atoms with Crippen LogP contribution in [0.5, 0.6) is 0 Å². The SMILES string of the molecule is C1CCC(CNC2CCNC2)SC1. The molecule has 2 aliphatic rings. The van der Waals surface area contributed by atoms with E-state index in [9.17, 15) is 0 Å². The van der Waals surface area contributed by atoms with E-state index >= 15 is 0 Å². The van der Waals surface area contributed by atoms with Crippen molar-refractivity contribution in [3.05, 3.63) is 0 Å². The second kappa shape index (κ2) is 5.23. The van der Waals surface area contributed by atoms with Crippen LogP contribution < -0.4 is 10.6 Å². The molecule has 0 aromatic heterocycles. The average molecular weight is 200 g/mol. The second-order valence-electron chi connectivity index (χ2n) is 4.09. The molecule has 2 saturated heterocycles. The van der Waals surface area contributed by atoms with Crippen LogP contribution in [0.15, 0.2) is 0 Å². The zero-order valence-corrected chi connectivity index (χ0v) is 9.04. The van der Waals surface area contributed by atoms with Crippen LogP contribution in [0.3, 0.4) is 0 Å². The molecule has 2 atom stereocenters. The highest BCUT2D eigenvalue weighted by Crippen LogP contribution is 2.24. The zero-order valence-electron chi connectivity index (χ0n) is 8.22. The minimum absolute atomic E-state index is 0.752. The van der Waals surface area contributed by atoms with Crippen molar-refractivity contribution in [1.29, 1.82) is 0 Å². The summed E-state index contributed by atoms with van der Waals surface area (Å²) >= 11 is 2.16. The third-order valence-corrected chi connectivity index (χ3v) is 4.37. The van der Waals surface area contributed by atoms with Crippen LogP contribution >= 0.6 is 11.8 Å². The maximum absolute atomic E-state index is 3.67. The quantitative estimate of drug-likeness (QED) is 0.716. The van der Waals surface area contributed by atoms with Crippen LogP contribution in [0.4, 0.5) is 0 Å². The van der Waals surface area contributed by atoms with Gasteiger partial charge in [0.1, 0.15) is 0 Å². The summed E-state index contributed by atoms with van der Waals surface area (Å²) in [6, 6.07) is 0.752. The van der Waals surface area contributed by atoms with Crippen molar-refractivity contribution < 1.29 is 0 Å². The van der Waals surface area contributed by atoms with Crippen molar-refractivity contribution in [2.75, 3.05) is 25.4 Å². The lowest BCUT2D eigenvalue weighted by Gasteiger charge is -2.23. The lowest BCUT2D eigenvalue weighted by Crippen LogP contribution is -2.36. The molecule has 3 heteroatoms. The Morgan fingerprint density at radius 3 is 3.00 bits per heavy atom. The summed E-state index contributed by atoms with van der Waals surface area (Å²) in [5.41, 5.74) is 0. The lowest BCUT2D eigenvalue weighted by atomic mass is 10.2. The Hall–Kier alpha value is 0.270. The minimum Gasteiger partial charge on any atom is -0.315 e. The molecule has 2 rings (SSSR count). The van der Waals surface area contributed by atoms with Gasteiger partial charge in [-0.25, -0.2) is 0 Å². The Bertz CT molecular complexity index is 140. The topological polar surface area (TPSA) is 24.1 Å². The predicted octanol–water partition coefficient (Wildman–Crippen LogP) is 1.22. The Morgan fingerprint density at radius 2 is 2.31 bits per heavy atom. The number of rotatable bonds is 3. The molecule has 0 radical (unpaired) electrons. The summed E-state index contributed by atoms with van der Waals surface area (Å²) in [5.74, 6) is 1.38. The molecule has 0 bridgehead atoms. The van der Waals surface area contributed by atoms with Gasteiger partial charge in [-0.05, 0) is 31.6 Å². The molecular formula is C10H20N2S. The van der Waals surface area contributed by atoms with E-state index in [1.807, 2.05) is 0 Å². The summed E-state index contributed by atoms with van der Waals surface area (Å²) in [7, 11) is 0. The van der Waals surface area contributed by atoms with Gasteiger partial charge in [0.25, 0.3) is 0 Å². The summed E-state index contributed by atoms with van der Waals surface area (Å²) in [5, 5.41) is 7.96. The van der Waals surface area contributed by atoms with Gasteiger partial charge in [-0.15, -0.1) is 0 Å². The molecule has 0 spiro atoms. The number of thioether (sulfide) groups is 1. The monoisotopic (exact) mass is 200 g/mol. The number of hydrogen-bond donors (Lipinski definition) is 2. The fourth-order valence-corrected chi connectivity index (χ4v) is 3.35. The average Bonchev–Trinajstić information content (AvgIpc) is 2.69. The maximum atomic E-state index is 3.67. The van der Waals surface area contributed by atoms with Crippen LogP contribution in [-0.4, -0.2) is 36.7 Å². The molecule has 2 fully saturated rings. The molecule has 2 unspecified atom stereocenters. The van der Waals surface area contributed by atoms with Crippen LogP contribution in [-0.2, 0) is 0 Å². The Morgan fingerprint density at radius 1 is 1.31 bits per heavy atom. The molecule has 0 saturated carbocycles. The van der Waals surface area contributed by atoms with E-state index in [1.54, 1.807) is 0 Å². The summed E-state index contributed by atoms with van der Waals surface area (Å²) in [6.07, 6.45) is 5.63. The smallest absolute Gasteiger partial charge is 0.0205 e. The van der Waals surface area contributed by atoms with Gasteiger partial charge in [-0.2, -0.15) is 11.8 Å². The fraction of sp³-hybridized carbons (Fsp3) is 1.00. The van der Waals surface area contributed by atoms with Gasteiger partial charge in [-0.3, -0.25) is 0 Å². The van der Waals surface area contributed by atoms with E-state index in [0.717, 1.165) is 11.3 Å². The van der Waals surface area contributed by atoms with E-state index in [0.29, 0.717) is 0 Å². The first kappa shape index (κ1) is 9.81. The first-order valence-corrected chi connectivity index (χ1v) is 6.56. The molecule has 2 aliphatic heterocycles. The Kier molecular flexibility index (Phi) is 3.94. The highest BCUT2D eigenvalue weighted by Gasteiger charge is 2.17. The molecule has 0 aliphatic carbocycles. The Balaban J connectivity index is 1.60. The molecule has 0 aromatic carbocycles.